The number of non-ortho nitro benzene ring substituents is 1. The van der Waals surface area contributed by atoms with Crippen LogP contribution in [-0.4, -0.2) is 19.0 Å². The molecular formula is C15H17N3O2. The predicted octanol–water partition coefficient (Wildman–Crippen LogP) is 3.27. The number of anilines is 2. The molecule has 1 N–H and O–H groups in total. The van der Waals surface area contributed by atoms with Crippen LogP contribution in [0.25, 0.3) is 0 Å². The van der Waals surface area contributed by atoms with Crippen molar-refractivity contribution in [1.82, 2.24) is 0 Å². The van der Waals surface area contributed by atoms with Crippen molar-refractivity contribution in [2.45, 2.75) is 6.54 Å². The Labute approximate surface area is 118 Å². The summed E-state index contributed by atoms with van der Waals surface area (Å²) in [7, 11) is 4.01. The number of nitrogens with zero attached hydrogens (tertiary/aromatic N) is 2. The maximum atomic E-state index is 10.6. The first-order chi connectivity index (χ1) is 9.56. The lowest BCUT2D eigenvalue weighted by atomic mass is 10.2. The Hall–Kier alpha value is -2.56. The topological polar surface area (TPSA) is 58.4 Å². The monoisotopic (exact) mass is 271 g/mol. The molecule has 0 saturated heterocycles. The van der Waals surface area contributed by atoms with Crippen LogP contribution in [0.4, 0.5) is 17.1 Å². The molecule has 0 radical (unpaired) electrons. The second kappa shape index (κ2) is 6.06. The van der Waals surface area contributed by atoms with Crippen LogP contribution in [0.15, 0.2) is 48.5 Å². The van der Waals surface area contributed by atoms with Crippen LogP contribution in [0.2, 0.25) is 0 Å². The summed E-state index contributed by atoms with van der Waals surface area (Å²) in [5.74, 6) is 0. The molecule has 0 spiro atoms. The molecule has 2 rings (SSSR count). The molecule has 0 unspecified atom stereocenters. The molecule has 0 bridgehead atoms. The highest BCUT2D eigenvalue weighted by molar-refractivity contribution is 5.51. The van der Waals surface area contributed by atoms with E-state index < -0.39 is 4.92 Å². The van der Waals surface area contributed by atoms with Crippen LogP contribution in [0, 0.1) is 10.1 Å². The standard InChI is InChI=1S/C15H17N3O2/c1-17(2)15-5-3-4-12(10-15)11-16-13-6-8-14(9-7-13)18(19)20/h3-10,16H,11H2,1-2H3. The number of benzene rings is 2. The van der Waals surface area contributed by atoms with Gasteiger partial charge in [0.2, 0.25) is 0 Å². The molecule has 5 nitrogen and oxygen atoms in total. The molecule has 20 heavy (non-hydrogen) atoms. The second-order valence-electron chi connectivity index (χ2n) is 4.72. The van der Waals surface area contributed by atoms with E-state index in [1.165, 1.54) is 12.1 Å². The van der Waals surface area contributed by atoms with Crippen LogP contribution in [-0.2, 0) is 6.54 Å². The van der Waals surface area contributed by atoms with E-state index in [0.29, 0.717) is 6.54 Å². The van der Waals surface area contributed by atoms with Gasteiger partial charge in [-0.3, -0.25) is 10.1 Å². The first-order valence-electron chi connectivity index (χ1n) is 6.31. The summed E-state index contributed by atoms with van der Waals surface area (Å²) < 4.78 is 0. The first-order valence-corrected chi connectivity index (χ1v) is 6.31. The summed E-state index contributed by atoms with van der Waals surface area (Å²) in [6.07, 6.45) is 0. The highest BCUT2D eigenvalue weighted by Crippen LogP contribution is 2.18. The summed E-state index contributed by atoms with van der Waals surface area (Å²) in [5, 5.41) is 13.8. The molecule has 2 aromatic carbocycles. The molecule has 0 aliphatic carbocycles. The van der Waals surface area contributed by atoms with Crippen LogP contribution >= 0.6 is 0 Å². The van der Waals surface area contributed by atoms with Crippen LogP contribution < -0.4 is 10.2 Å². The van der Waals surface area contributed by atoms with Gasteiger partial charge in [-0.1, -0.05) is 12.1 Å². The SMILES string of the molecule is CN(C)c1cccc(CNc2ccc([N+](=O)[O-])cc2)c1. The summed E-state index contributed by atoms with van der Waals surface area (Å²) >= 11 is 0. The van der Waals surface area contributed by atoms with Gasteiger partial charge in [-0.05, 0) is 29.8 Å². The van der Waals surface area contributed by atoms with Gasteiger partial charge in [0.15, 0.2) is 0 Å². The van der Waals surface area contributed by atoms with Crippen molar-refractivity contribution in [2.75, 3.05) is 24.3 Å². The van der Waals surface area contributed by atoms with Crippen molar-refractivity contribution < 1.29 is 4.92 Å². The molecule has 0 saturated carbocycles. The minimum atomic E-state index is -0.398. The third kappa shape index (κ3) is 3.47. The maximum absolute atomic E-state index is 10.6. The Morgan fingerprint density at radius 2 is 1.85 bits per heavy atom. The lowest BCUT2D eigenvalue weighted by Crippen LogP contribution is -2.09. The van der Waals surface area contributed by atoms with Gasteiger partial charge in [-0.2, -0.15) is 0 Å². The minimum absolute atomic E-state index is 0.102. The van der Waals surface area contributed by atoms with Crippen molar-refractivity contribution >= 4 is 17.1 Å². The van der Waals surface area contributed by atoms with E-state index in [4.69, 9.17) is 0 Å². The number of hydrogen-bond acceptors (Lipinski definition) is 4. The van der Waals surface area contributed by atoms with Gasteiger partial charge in [0.25, 0.3) is 5.69 Å². The molecule has 0 atom stereocenters. The number of nitrogens with one attached hydrogen (secondary N) is 1. The molecule has 5 heteroatoms. The van der Waals surface area contributed by atoms with Crippen molar-refractivity contribution in [3.8, 4) is 0 Å². The number of nitro benzene ring substituents is 1. The first kappa shape index (κ1) is 13.9. The van der Waals surface area contributed by atoms with E-state index >= 15 is 0 Å². The zero-order chi connectivity index (χ0) is 14.5. The molecule has 0 aliphatic rings. The van der Waals surface area contributed by atoms with Crippen molar-refractivity contribution in [2.24, 2.45) is 0 Å². The molecule has 0 amide bonds. The van der Waals surface area contributed by atoms with Crippen molar-refractivity contribution in [3.05, 3.63) is 64.2 Å². The fraction of sp³-hybridized carbons (Fsp3) is 0.200. The normalized spacial score (nSPS) is 10.1. The lowest BCUT2D eigenvalue weighted by molar-refractivity contribution is -0.384. The molecule has 0 heterocycles. The lowest BCUT2D eigenvalue weighted by Gasteiger charge is -2.14. The van der Waals surface area contributed by atoms with Crippen molar-refractivity contribution in [1.29, 1.82) is 0 Å². The summed E-state index contributed by atoms with van der Waals surface area (Å²) in [5.41, 5.74) is 3.28. The molecule has 104 valence electrons. The second-order valence-corrected chi connectivity index (χ2v) is 4.72. The highest BCUT2D eigenvalue weighted by Gasteiger charge is 2.03. The highest BCUT2D eigenvalue weighted by atomic mass is 16.6. The molecule has 0 aromatic heterocycles. The Morgan fingerprint density at radius 1 is 1.15 bits per heavy atom. The predicted molar refractivity (Wildman–Crippen MR) is 81.2 cm³/mol. The van der Waals surface area contributed by atoms with Gasteiger partial charge in [0, 0.05) is 44.1 Å². The fourth-order valence-corrected chi connectivity index (χ4v) is 1.85. The van der Waals surface area contributed by atoms with Gasteiger partial charge in [-0.25, -0.2) is 0 Å². The summed E-state index contributed by atoms with van der Waals surface area (Å²) in [6, 6.07) is 14.7. The van der Waals surface area contributed by atoms with Gasteiger partial charge in [-0.15, -0.1) is 0 Å². The molecule has 0 fully saturated rings. The number of hydrogen-bond donors (Lipinski definition) is 1. The van der Waals surface area contributed by atoms with E-state index in [0.717, 1.165) is 16.9 Å². The van der Waals surface area contributed by atoms with E-state index in [1.54, 1.807) is 12.1 Å². The molecular weight excluding hydrogens is 254 g/mol. The van der Waals surface area contributed by atoms with E-state index in [9.17, 15) is 10.1 Å². The fourth-order valence-electron chi connectivity index (χ4n) is 1.85. The zero-order valence-electron chi connectivity index (χ0n) is 11.5. The third-order valence-electron chi connectivity index (χ3n) is 3.00. The van der Waals surface area contributed by atoms with Crippen LogP contribution in [0.3, 0.4) is 0 Å². The van der Waals surface area contributed by atoms with Gasteiger partial charge in [0.1, 0.15) is 0 Å². The Morgan fingerprint density at radius 3 is 2.45 bits per heavy atom. The summed E-state index contributed by atoms with van der Waals surface area (Å²) in [4.78, 5) is 12.2. The molecule has 2 aromatic rings. The number of nitro groups is 1. The zero-order valence-corrected chi connectivity index (χ0v) is 11.5. The maximum Gasteiger partial charge on any atom is 0.269 e. The minimum Gasteiger partial charge on any atom is -0.381 e. The molecule has 0 aliphatic heterocycles. The van der Waals surface area contributed by atoms with E-state index in [-0.39, 0.29) is 5.69 Å². The van der Waals surface area contributed by atoms with Crippen LogP contribution in [0.5, 0.6) is 0 Å². The Balaban J connectivity index is 2.01. The summed E-state index contributed by atoms with van der Waals surface area (Å²) in [6.45, 7) is 0.680. The van der Waals surface area contributed by atoms with Gasteiger partial charge >= 0.3 is 0 Å². The smallest absolute Gasteiger partial charge is 0.269 e. The largest absolute Gasteiger partial charge is 0.381 e. The average Bonchev–Trinajstić information content (AvgIpc) is 2.46. The Bertz CT molecular complexity index is 594. The van der Waals surface area contributed by atoms with Gasteiger partial charge < -0.3 is 10.2 Å². The Kier molecular flexibility index (Phi) is 4.20. The van der Waals surface area contributed by atoms with Crippen molar-refractivity contribution in [3.63, 3.8) is 0 Å². The average molecular weight is 271 g/mol. The third-order valence-corrected chi connectivity index (χ3v) is 3.00. The van der Waals surface area contributed by atoms with Gasteiger partial charge in [0.05, 0.1) is 4.92 Å². The van der Waals surface area contributed by atoms with Crippen LogP contribution in [0.1, 0.15) is 5.56 Å². The number of rotatable bonds is 5. The van der Waals surface area contributed by atoms with E-state index in [1.807, 2.05) is 26.2 Å². The quantitative estimate of drug-likeness (QED) is 0.669. The van der Waals surface area contributed by atoms with E-state index in [2.05, 4.69) is 22.3 Å².